The highest BCUT2D eigenvalue weighted by atomic mass is 35.5. The van der Waals surface area contributed by atoms with E-state index >= 15 is 0 Å². The lowest BCUT2D eigenvalue weighted by Crippen LogP contribution is -2.39. The van der Waals surface area contributed by atoms with E-state index in [1.165, 1.54) is 19.8 Å². The Hall–Kier alpha value is -1.35. The minimum atomic E-state index is -3.26. The van der Waals surface area contributed by atoms with E-state index < -0.39 is 10.0 Å². The van der Waals surface area contributed by atoms with Crippen molar-refractivity contribution in [1.82, 2.24) is 18.7 Å². The number of hydrogen-bond donors (Lipinski definition) is 0. The van der Waals surface area contributed by atoms with Crippen LogP contribution >= 0.6 is 23.2 Å². The molecule has 0 amide bonds. The minimum Gasteiger partial charge on any atom is -0.282 e. The smallest absolute Gasteiger partial charge is 0.282 e. The number of sulfonamides is 1. The van der Waals surface area contributed by atoms with E-state index in [1.807, 2.05) is 0 Å². The van der Waals surface area contributed by atoms with Crippen LogP contribution in [0.15, 0.2) is 23.0 Å². The molecule has 0 bridgehead atoms. The fourth-order valence-electron chi connectivity index (χ4n) is 3.23. The molecule has 3 rings (SSSR count). The van der Waals surface area contributed by atoms with Crippen LogP contribution in [0.1, 0.15) is 30.1 Å². The molecule has 0 unspecified atom stereocenters. The van der Waals surface area contributed by atoms with E-state index in [4.69, 9.17) is 23.2 Å². The van der Waals surface area contributed by atoms with Crippen LogP contribution in [0.2, 0.25) is 10.0 Å². The fraction of sp³-hybridized carbons (Fsp3) is 0.500. The maximum Gasteiger partial charge on any atom is 0.345 e. The number of piperidine rings is 1. The molecule has 1 aromatic carbocycles. The molecule has 1 atom stereocenters. The summed E-state index contributed by atoms with van der Waals surface area (Å²) in [5.74, 6) is 0.478. The van der Waals surface area contributed by atoms with E-state index in [0.717, 1.165) is 18.4 Å². The van der Waals surface area contributed by atoms with E-state index in [2.05, 4.69) is 5.10 Å². The standard InChI is InChI=1S/C16H20Cl2N4O3S/c1-20-15(12-4-3-7-21(9-12)26(2,24)25)19-22(16(20)23)10-11-5-6-13(17)8-14(11)18/h5-6,8,12H,3-4,7,9-10H2,1-2H3/t12-/m1/s1. The molecular weight excluding hydrogens is 399 g/mol. The predicted molar refractivity (Wildman–Crippen MR) is 101 cm³/mol. The molecule has 0 radical (unpaired) electrons. The molecule has 1 aromatic heterocycles. The third-order valence-corrected chi connectivity index (χ3v) is 6.48. The number of halogens is 2. The molecule has 0 N–H and O–H groups in total. The van der Waals surface area contributed by atoms with Gasteiger partial charge in [0.2, 0.25) is 10.0 Å². The van der Waals surface area contributed by atoms with Crippen LogP contribution in [-0.4, -0.2) is 46.4 Å². The first kappa shape index (κ1) is 19.4. The maximum absolute atomic E-state index is 12.6. The van der Waals surface area contributed by atoms with Crippen molar-refractivity contribution < 1.29 is 8.42 Å². The summed E-state index contributed by atoms with van der Waals surface area (Å²) < 4.78 is 27.9. The SMILES string of the molecule is Cn1c([C@@H]2CCCN(S(C)(=O)=O)C2)nn(Cc2ccc(Cl)cc2Cl)c1=O. The highest BCUT2D eigenvalue weighted by Crippen LogP contribution is 2.26. The van der Waals surface area contributed by atoms with Gasteiger partial charge in [-0.2, -0.15) is 5.10 Å². The Balaban J connectivity index is 1.89. The second kappa shape index (κ2) is 7.34. The first-order valence-corrected chi connectivity index (χ1v) is 10.8. The Morgan fingerprint density at radius 3 is 2.69 bits per heavy atom. The monoisotopic (exact) mass is 418 g/mol. The number of benzene rings is 1. The van der Waals surface area contributed by atoms with Crippen LogP contribution in [-0.2, 0) is 23.6 Å². The van der Waals surface area contributed by atoms with Crippen LogP contribution in [0.3, 0.4) is 0 Å². The van der Waals surface area contributed by atoms with Gasteiger partial charge in [0.15, 0.2) is 0 Å². The molecule has 0 spiro atoms. The number of rotatable bonds is 4. The zero-order chi connectivity index (χ0) is 19.1. The summed E-state index contributed by atoms with van der Waals surface area (Å²) in [7, 11) is -1.60. The van der Waals surface area contributed by atoms with Crippen molar-refractivity contribution in [3.63, 3.8) is 0 Å². The van der Waals surface area contributed by atoms with E-state index in [9.17, 15) is 13.2 Å². The zero-order valence-corrected chi connectivity index (χ0v) is 16.9. The van der Waals surface area contributed by atoms with Gasteiger partial charge in [0.25, 0.3) is 0 Å². The quantitative estimate of drug-likeness (QED) is 0.761. The molecule has 0 saturated carbocycles. The van der Waals surface area contributed by atoms with Gasteiger partial charge in [-0.1, -0.05) is 29.3 Å². The summed E-state index contributed by atoms with van der Waals surface area (Å²) >= 11 is 12.1. The Kier molecular flexibility index (Phi) is 5.48. The largest absolute Gasteiger partial charge is 0.345 e. The van der Waals surface area contributed by atoms with E-state index in [-0.39, 0.29) is 18.2 Å². The number of hydrogen-bond acceptors (Lipinski definition) is 4. The predicted octanol–water partition coefficient (Wildman–Crippen LogP) is 2.08. The molecule has 0 aliphatic carbocycles. The molecule has 1 saturated heterocycles. The highest BCUT2D eigenvalue weighted by molar-refractivity contribution is 7.88. The van der Waals surface area contributed by atoms with E-state index in [0.29, 0.717) is 29.0 Å². The summed E-state index contributed by atoms with van der Waals surface area (Å²) in [5.41, 5.74) is 0.478. The molecule has 26 heavy (non-hydrogen) atoms. The molecule has 142 valence electrons. The third kappa shape index (κ3) is 3.98. The van der Waals surface area contributed by atoms with Crippen molar-refractivity contribution in [2.45, 2.75) is 25.3 Å². The maximum atomic E-state index is 12.6. The second-order valence-electron chi connectivity index (χ2n) is 6.55. The van der Waals surface area contributed by atoms with Gasteiger partial charge < -0.3 is 0 Å². The molecule has 1 aliphatic rings. The lowest BCUT2D eigenvalue weighted by Gasteiger charge is -2.30. The lowest BCUT2D eigenvalue weighted by molar-refractivity contribution is 0.307. The van der Waals surface area contributed by atoms with Crippen LogP contribution in [0.5, 0.6) is 0 Å². The van der Waals surface area contributed by atoms with Crippen molar-refractivity contribution in [3.05, 3.63) is 50.1 Å². The zero-order valence-electron chi connectivity index (χ0n) is 14.5. The van der Waals surface area contributed by atoms with Gasteiger partial charge in [0, 0.05) is 36.1 Å². The van der Waals surface area contributed by atoms with Crippen molar-refractivity contribution in [2.75, 3.05) is 19.3 Å². The molecular formula is C16H20Cl2N4O3S. The lowest BCUT2D eigenvalue weighted by atomic mass is 9.99. The summed E-state index contributed by atoms with van der Waals surface area (Å²) in [6, 6.07) is 5.10. The second-order valence-corrected chi connectivity index (χ2v) is 9.38. The Bertz CT molecular complexity index is 984. The molecule has 2 aromatic rings. The van der Waals surface area contributed by atoms with Crippen LogP contribution in [0, 0.1) is 0 Å². The van der Waals surface area contributed by atoms with Gasteiger partial charge in [0.1, 0.15) is 5.82 Å². The minimum absolute atomic E-state index is 0.113. The number of nitrogens with zero attached hydrogens (tertiary/aromatic N) is 4. The van der Waals surface area contributed by atoms with Crippen LogP contribution in [0.4, 0.5) is 0 Å². The van der Waals surface area contributed by atoms with E-state index in [1.54, 1.807) is 25.2 Å². The molecule has 10 heteroatoms. The molecule has 1 fully saturated rings. The van der Waals surface area contributed by atoms with Gasteiger partial charge in [-0.15, -0.1) is 0 Å². The van der Waals surface area contributed by atoms with Gasteiger partial charge in [-0.25, -0.2) is 22.2 Å². The summed E-state index contributed by atoms with van der Waals surface area (Å²) in [6.45, 7) is 1.07. The topological polar surface area (TPSA) is 77.2 Å². The van der Waals surface area contributed by atoms with Crippen LogP contribution < -0.4 is 5.69 Å². The highest BCUT2D eigenvalue weighted by Gasteiger charge is 2.30. The Labute approximate surface area is 162 Å². The van der Waals surface area contributed by atoms with Crippen LogP contribution in [0.25, 0.3) is 0 Å². The van der Waals surface area contributed by atoms with Gasteiger partial charge in [-0.05, 0) is 30.5 Å². The van der Waals surface area contributed by atoms with Crippen molar-refractivity contribution in [3.8, 4) is 0 Å². The van der Waals surface area contributed by atoms with Crippen molar-refractivity contribution >= 4 is 33.2 Å². The molecule has 1 aliphatic heterocycles. The summed E-state index contributed by atoms with van der Waals surface area (Å²) in [6.07, 6.45) is 2.73. The van der Waals surface area contributed by atoms with Crippen molar-refractivity contribution in [2.24, 2.45) is 7.05 Å². The van der Waals surface area contributed by atoms with Gasteiger partial charge in [-0.3, -0.25) is 4.57 Å². The average molecular weight is 419 g/mol. The molecule has 2 heterocycles. The Morgan fingerprint density at radius 2 is 2.04 bits per heavy atom. The molecule has 7 nitrogen and oxygen atoms in total. The fourth-order valence-corrected chi connectivity index (χ4v) is 4.61. The van der Waals surface area contributed by atoms with Gasteiger partial charge >= 0.3 is 5.69 Å². The third-order valence-electron chi connectivity index (χ3n) is 4.63. The first-order chi connectivity index (χ1) is 12.2. The first-order valence-electron chi connectivity index (χ1n) is 8.19. The number of aromatic nitrogens is 3. The normalized spacial score (nSPS) is 19.0. The summed E-state index contributed by atoms with van der Waals surface area (Å²) in [4.78, 5) is 12.6. The summed E-state index contributed by atoms with van der Waals surface area (Å²) in [5, 5.41) is 5.46. The Morgan fingerprint density at radius 1 is 1.31 bits per heavy atom. The van der Waals surface area contributed by atoms with Crippen molar-refractivity contribution in [1.29, 1.82) is 0 Å². The van der Waals surface area contributed by atoms with Gasteiger partial charge in [0.05, 0.1) is 12.8 Å². The average Bonchev–Trinajstić information content (AvgIpc) is 2.85.